The monoisotopic (exact) mass is 428 g/mol. The van der Waals surface area contributed by atoms with E-state index in [1.165, 1.54) is 21.5 Å². The number of carbonyl (C=O) groups is 1. The molecule has 162 valence electrons. The lowest BCUT2D eigenvalue weighted by atomic mass is 9.99. The van der Waals surface area contributed by atoms with Crippen LogP contribution in [0.4, 0.5) is 0 Å². The topological polar surface area (TPSA) is 66.5 Å². The van der Waals surface area contributed by atoms with Gasteiger partial charge >= 0.3 is 0 Å². The van der Waals surface area contributed by atoms with Crippen molar-refractivity contribution in [2.45, 2.75) is 57.9 Å². The minimum absolute atomic E-state index is 0.124. The molecule has 2 aromatic carbocycles. The SMILES string of the molecule is CCC(NC(=O)c1cccc(S(=O)(=O)N2CCC(C)CC2)c1)c1ccc(C)c(C)c1. The van der Waals surface area contributed by atoms with Crippen molar-refractivity contribution in [3.05, 3.63) is 64.7 Å². The molecule has 1 heterocycles. The minimum atomic E-state index is -3.58. The van der Waals surface area contributed by atoms with Crippen LogP contribution in [-0.2, 0) is 10.0 Å². The maximum atomic E-state index is 13.0. The lowest BCUT2D eigenvalue weighted by Crippen LogP contribution is -2.38. The van der Waals surface area contributed by atoms with E-state index in [9.17, 15) is 13.2 Å². The molecule has 0 aromatic heterocycles. The Labute approximate surface area is 180 Å². The highest BCUT2D eigenvalue weighted by atomic mass is 32.2. The highest BCUT2D eigenvalue weighted by Crippen LogP contribution is 2.25. The van der Waals surface area contributed by atoms with Crippen LogP contribution in [0.1, 0.15) is 66.2 Å². The Morgan fingerprint density at radius 2 is 1.80 bits per heavy atom. The molecule has 0 aliphatic carbocycles. The molecule has 6 heteroatoms. The molecule has 1 atom stereocenters. The average Bonchev–Trinajstić information content (AvgIpc) is 2.74. The van der Waals surface area contributed by atoms with Gasteiger partial charge in [-0.3, -0.25) is 4.79 Å². The van der Waals surface area contributed by atoms with Gasteiger partial charge < -0.3 is 5.32 Å². The standard InChI is InChI=1S/C24H32N2O3S/c1-5-23(20-10-9-18(3)19(4)15-20)25-24(27)21-7-6-8-22(16-21)30(28,29)26-13-11-17(2)12-14-26/h6-10,15-17,23H,5,11-14H2,1-4H3,(H,25,27). The second kappa shape index (κ2) is 9.31. The maximum Gasteiger partial charge on any atom is 0.251 e. The van der Waals surface area contributed by atoms with Crippen LogP contribution in [0.15, 0.2) is 47.4 Å². The molecule has 1 N–H and O–H groups in total. The summed E-state index contributed by atoms with van der Waals surface area (Å²) >= 11 is 0. The predicted molar refractivity (Wildman–Crippen MR) is 120 cm³/mol. The second-order valence-corrected chi connectivity index (χ2v) is 10.3. The Balaban J connectivity index is 1.79. The van der Waals surface area contributed by atoms with Gasteiger partial charge in [-0.25, -0.2) is 8.42 Å². The maximum absolute atomic E-state index is 13.0. The summed E-state index contributed by atoms with van der Waals surface area (Å²) in [4.78, 5) is 13.1. The summed E-state index contributed by atoms with van der Waals surface area (Å²) in [6.07, 6.45) is 2.49. The van der Waals surface area contributed by atoms with Gasteiger partial charge in [-0.05, 0) is 73.9 Å². The molecule has 5 nitrogen and oxygen atoms in total. The zero-order valence-electron chi connectivity index (χ0n) is 18.3. The summed E-state index contributed by atoms with van der Waals surface area (Å²) in [7, 11) is -3.58. The summed E-state index contributed by atoms with van der Waals surface area (Å²) in [5.74, 6) is 0.286. The van der Waals surface area contributed by atoms with Gasteiger partial charge in [-0.1, -0.05) is 38.1 Å². The van der Waals surface area contributed by atoms with E-state index in [1.54, 1.807) is 18.2 Å². The van der Waals surface area contributed by atoms with E-state index in [4.69, 9.17) is 0 Å². The van der Waals surface area contributed by atoms with Crippen molar-refractivity contribution in [2.24, 2.45) is 5.92 Å². The first-order valence-electron chi connectivity index (χ1n) is 10.7. The number of amides is 1. The van der Waals surface area contributed by atoms with E-state index in [-0.39, 0.29) is 16.8 Å². The number of nitrogens with zero attached hydrogens (tertiary/aromatic N) is 1. The summed E-state index contributed by atoms with van der Waals surface area (Å²) in [5, 5.41) is 3.06. The van der Waals surface area contributed by atoms with Gasteiger partial charge in [0, 0.05) is 18.7 Å². The fourth-order valence-corrected chi connectivity index (χ4v) is 5.33. The molecule has 1 amide bonds. The Kier molecular flexibility index (Phi) is 6.98. The molecule has 30 heavy (non-hydrogen) atoms. The molecule has 2 aromatic rings. The first-order chi connectivity index (χ1) is 14.2. The van der Waals surface area contributed by atoms with Crippen LogP contribution in [0.3, 0.4) is 0 Å². The van der Waals surface area contributed by atoms with E-state index in [1.807, 2.05) is 13.0 Å². The number of hydrogen-bond acceptors (Lipinski definition) is 3. The number of rotatable bonds is 6. The largest absolute Gasteiger partial charge is 0.345 e. The zero-order chi connectivity index (χ0) is 21.9. The number of aryl methyl sites for hydroxylation is 2. The van der Waals surface area contributed by atoms with Gasteiger partial charge in [0.2, 0.25) is 10.0 Å². The first-order valence-corrected chi connectivity index (χ1v) is 12.1. The van der Waals surface area contributed by atoms with Crippen LogP contribution in [0, 0.1) is 19.8 Å². The number of piperidine rings is 1. The van der Waals surface area contributed by atoms with Crippen molar-refractivity contribution in [2.75, 3.05) is 13.1 Å². The second-order valence-electron chi connectivity index (χ2n) is 8.39. The van der Waals surface area contributed by atoms with Gasteiger partial charge in [0.25, 0.3) is 5.91 Å². The molecular weight excluding hydrogens is 396 g/mol. The number of benzene rings is 2. The normalized spacial score (nSPS) is 16.9. The van der Waals surface area contributed by atoms with Crippen LogP contribution in [-0.4, -0.2) is 31.7 Å². The van der Waals surface area contributed by atoms with E-state index in [0.29, 0.717) is 24.6 Å². The van der Waals surface area contributed by atoms with Crippen molar-refractivity contribution >= 4 is 15.9 Å². The summed E-state index contributed by atoms with van der Waals surface area (Å²) < 4.78 is 27.6. The molecule has 1 fully saturated rings. The lowest BCUT2D eigenvalue weighted by Gasteiger charge is -2.29. The fraction of sp³-hybridized carbons (Fsp3) is 0.458. The van der Waals surface area contributed by atoms with E-state index in [2.05, 4.69) is 38.2 Å². The summed E-state index contributed by atoms with van der Waals surface area (Å²) in [6, 6.07) is 12.5. The van der Waals surface area contributed by atoms with Gasteiger partial charge in [0.1, 0.15) is 0 Å². The lowest BCUT2D eigenvalue weighted by molar-refractivity contribution is 0.0935. The van der Waals surface area contributed by atoms with Crippen molar-refractivity contribution in [3.8, 4) is 0 Å². The third kappa shape index (κ3) is 4.93. The van der Waals surface area contributed by atoms with Crippen LogP contribution in [0.25, 0.3) is 0 Å². The molecule has 1 saturated heterocycles. The van der Waals surface area contributed by atoms with E-state index in [0.717, 1.165) is 24.8 Å². The Morgan fingerprint density at radius 3 is 2.43 bits per heavy atom. The van der Waals surface area contributed by atoms with E-state index >= 15 is 0 Å². The minimum Gasteiger partial charge on any atom is -0.345 e. The number of hydrogen-bond donors (Lipinski definition) is 1. The highest BCUT2D eigenvalue weighted by Gasteiger charge is 2.28. The Hall–Kier alpha value is -2.18. The molecule has 0 saturated carbocycles. The van der Waals surface area contributed by atoms with Crippen molar-refractivity contribution in [1.29, 1.82) is 0 Å². The molecule has 1 aliphatic rings. The molecular formula is C24H32N2O3S. The molecule has 0 bridgehead atoms. The van der Waals surface area contributed by atoms with E-state index < -0.39 is 10.0 Å². The van der Waals surface area contributed by atoms with Crippen molar-refractivity contribution < 1.29 is 13.2 Å². The van der Waals surface area contributed by atoms with Gasteiger partial charge in [-0.15, -0.1) is 0 Å². The quantitative estimate of drug-likeness (QED) is 0.731. The highest BCUT2D eigenvalue weighted by molar-refractivity contribution is 7.89. The van der Waals surface area contributed by atoms with Gasteiger partial charge in [0.15, 0.2) is 0 Å². The van der Waals surface area contributed by atoms with Crippen molar-refractivity contribution in [3.63, 3.8) is 0 Å². The molecule has 1 unspecified atom stereocenters. The molecule has 1 aliphatic heterocycles. The summed E-state index contributed by atoms with van der Waals surface area (Å²) in [6.45, 7) is 9.36. The van der Waals surface area contributed by atoms with Crippen LogP contribution in [0.5, 0.6) is 0 Å². The average molecular weight is 429 g/mol. The number of carbonyl (C=O) groups excluding carboxylic acids is 1. The zero-order valence-corrected chi connectivity index (χ0v) is 19.1. The number of nitrogens with one attached hydrogen (secondary N) is 1. The van der Waals surface area contributed by atoms with Crippen molar-refractivity contribution in [1.82, 2.24) is 9.62 Å². The summed E-state index contributed by atoms with van der Waals surface area (Å²) in [5.41, 5.74) is 3.82. The third-order valence-corrected chi connectivity index (χ3v) is 8.02. The molecule has 0 radical (unpaired) electrons. The first kappa shape index (κ1) is 22.5. The molecule has 3 rings (SSSR count). The predicted octanol–water partition coefficient (Wildman–Crippen LogP) is 4.61. The van der Waals surface area contributed by atoms with Crippen LogP contribution in [0.2, 0.25) is 0 Å². The smallest absolute Gasteiger partial charge is 0.251 e. The van der Waals surface area contributed by atoms with Crippen LogP contribution < -0.4 is 5.32 Å². The Morgan fingerprint density at radius 1 is 1.10 bits per heavy atom. The molecule has 0 spiro atoms. The number of sulfonamides is 1. The van der Waals surface area contributed by atoms with Gasteiger partial charge in [-0.2, -0.15) is 4.31 Å². The Bertz CT molecular complexity index is 1010. The van der Waals surface area contributed by atoms with Crippen LogP contribution >= 0.6 is 0 Å². The van der Waals surface area contributed by atoms with Gasteiger partial charge in [0.05, 0.1) is 10.9 Å². The fourth-order valence-electron chi connectivity index (χ4n) is 3.82. The third-order valence-electron chi connectivity index (χ3n) is 6.12.